The van der Waals surface area contributed by atoms with Gasteiger partial charge in [0, 0.05) is 24.0 Å². The summed E-state index contributed by atoms with van der Waals surface area (Å²) in [5.74, 6) is 0.379. The maximum atomic E-state index is 12.0. The SMILES string of the molecule is NC1CC1C(=O)N1CCc2sccc2C1. The van der Waals surface area contributed by atoms with E-state index in [4.69, 9.17) is 5.73 Å². The van der Waals surface area contributed by atoms with Crippen molar-refractivity contribution < 1.29 is 4.79 Å². The number of nitrogens with two attached hydrogens (primary N) is 1. The molecule has 0 bridgehead atoms. The molecule has 2 atom stereocenters. The summed E-state index contributed by atoms with van der Waals surface area (Å²) in [6, 6.07) is 2.26. The van der Waals surface area contributed by atoms with Crippen molar-refractivity contribution in [2.75, 3.05) is 6.54 Å². The van der Waals surface area contributed by atoms with Gasteiger partial charge in [0.1, 0.15) is 0 Å². The van der Waals surface area contributed by atoms with Crippen LogP contribution in [0.15, 0.2) is 11.4 Å². The Hall–Kier alpha value is -0.870. The molecule has 2 unspecified atom stereocenters. The topological polar surface area (TPSA) is 46.3 Å². The third-order valence-corrected chi connectivity index (χ3v) is 4.30. The average molecular weight is 222 g/mol. The van der Waals surface area contributed by atoms with Crippen LogP contribution >= 0.6 is 11.3 Å². The minimum Gasteiger partial charge on any atom is -0.338 e. The summed E-state index contributed by atoms with van der Waals surface area (Å²) in [6.45, 7) is 1.66. The molecule has 3 rings (SSSR count). The summed E-state index contributed by atoms with van der Waals surface area (Å²) in [4.78, 5) is 15.4. The standard InChI is InChI=1S/C11H14N2OS/c12-9-5-8(9)11(14)13-3-1-10-7(6-13)2-4-15-10/h2,4,8-9H,1,3,5-6,12H2. The second kappa shape index (κ2) is 3.32. The highest BCUT2D eigenvalue weighted by molar-refractivity contribution is 7.10. The lowest BCUT2D eigenvalue weighted by Gasteiger charge is -2.27. The summed E-state index contributed by atoms with van der Waals surface area (Å²) in [5, 5.41) is 2.11. The lowest BCUT2D eigenvalue weighted by molar-refractivity contribution is -0.133. The fraction of sp³-hybridized carbons (Fsp3) is 0.545. The molecule has 0 spiro atoms. The van der Waals surface area contributed by atoms with E-state index in [1.54, 1.807) is 11.3 Å². The van der Waals surface area contributed by atoms with E-state index in [1.165, 1.54) is 10.4 Å². The minimum atomic E-state index is 0.116. The quantitative estimate of drug-likeness (QED) is 0.770. The molecule has 15 heavy (non-hydrogen) atoms. The van der Waals surface area contributed by atoms with Crippen LogP contribution in [0.1, 0.15) is 16.9 Å². The highest BCUT2D eigenvalue weighted by Crippen LogP contribution is 2.32. The first-order chi connectivity index (χ1) is 7.25. The number of amides is 1. The van der Waals surface area contributed by atoms with E-state index in [0.717, 1.165) is 25.9 Å². The number of hydrogen-bond acceptors (Lipinski definition) is 3. The van der Waals surface area contributed by atoms with Crippen LogP contribution in [-0.4, -0.2) is 23.4 Å². The van der Waals surface area contributed by atoms with E-state index in [0.29, 0.717) is 0 Å². The van der Waals surface area contributed by atoms with Crippen molar-refractivity contribution >= 4 is 17.2 Å². The zero-order chi connectivity index (χ0) is 10.4. The third-order valence-electron chi connectivity index (χ3n) is 3.28. The lowest BCUT2D eigenvalue weighted by Crippen LogP contribution is -2.37. The van der Waals surface area contributed by atoms with Crippen LogP contribution < -0.4 is 5.73 Å². The van der Waals surface area contributed by atoms with Gasteiger partial charge in [-0.3, -0.25) is 4.79 Å². The van der Waals surface area contributed by atoms with Crippen LogP contribution in [0.2, 0.25) is 0 Å². The summed E-state index contributed by atoms with van der Waals surface area (Å²) in [6.07, 6.45) is 1.90. The van der Waals surface area contributed by atoms with Crippen LogP contribution in [0.3, 0.4) is 0 Å². The molecule has 2 aliphatic rings. The van der Waals surface area contributed by atoms with Gasteiger partial charge in [0.2, 0.25) is 5.91 Å². The second-order valence-corrected chi connectivity index (χ2v) is 5.39. The van der Waals surface area contributed by atoms with Gasteiger partial charge in [-0.25, -0.2) is 0 Å². The molecule has 1 aromatic heterocycles. The Labute approximate surface area is 92.9 Å². The molecule has 0 radical (unpaired) electrons. The van der Waals surface area contributed by atoms with Gasteiger partial charge in [0.05, 0.1) is 5.92 Å². The van der Waals surface area contributed by atoms with E-state index in [-0.39, 0.29) is 17.9 Å². The molecule has 4 heteroatoms. The molecule has 1 fully saturated rings. The summed E-state index contributed by atoms with van der Waals surface area (Å²) in [5.41, 5.74) is 7.03. The number of fused-ring (bicyclic) bond motifs is 1. The first kappa shape index (κ1) is 9.36. The number of nitrogens with zero attached hydrogens (tertiary/aromatic N) is 1. The van der Waals surface area contributed by atoms with Gasteiger partial charge < -0.3 is 10.6 Å². The van der Waals surface area contributed by atoms with Gasteiger partial charge in [-0.05, 0) is 29.9 Å². The molecule has 1 saturated carbocycles. The first-order valence-electron chi connectivity index (χ1n) is 5.35. The van der Waals surface area contributed by atoms with E-state index in [1.807, 2.05) is 4.90 Å². The Kier molecular flexibility index (Phi) is 2.07. The number of thiophene rings is 1. The van der Waals surface area contributed by atoms with Crippen LogP contribution in [0, 0.1) is 5.92 Å². The molecule has 0 aromatic carbocycles. The zero-order valence-electron chi connectivity index (χ0n) is 8.48. The Bertz CT molecular complexity index is 401. The maximum absolute atomic E-state index is 12.0. The van der Waals surface area contributed by atoms with E-state index in [2.05, 4.69) is 11.4 Å². The summed E-state index contributed by atoms with van der Waals surface area (Å²) < 4.78 is 0. The van der Waals surface area contributed by atoms with E-state index in [9.17, 15) is 4.79 Å². The third kappa shape index (κ3) is 1.58. The molecule has 2 heterocycles. The van der Waals surface area contributed by atoms with Crippen molar-refractivity contribution in [3.63, 3.8) is 0 Å². The fourth-order valence-corrected chi connectivity index (χ4v) is 3.06. The molecule has 80 valence electrons. The maximum Gasteiger partial charge on any atom is 0.227 e. The van der Waals surface area contributed by atoms with Crippen molar-refractivity contribution in [1.29, 1.82) is 0 Å². The van der Waals surface area contributed by atoms with Gasteiger partial charge in [0.25, 0.3) is 0 Å². The number of rotatable bonds is 1. The van der Waals surface area contributed by atoms with Crippen molar-refractivity contribution in [3.05, 3.63) is 21.9 Å². The molecule has 0 saturated heterocycles. The van der Waals surface area contributed by atoms with Gasteiger partial charge in [0.15, 0.2) is 0 Å². The largest absolute Gasteiger partial charge is 0.338 e. The Morgan fingerprint density at radius 3 is 3.13 bits per heavy atom. The van der Waals surface area contributed by atoms with Crippen LogP contribution in [-0.2, 0) is 17.8 Å². The van der Waals surface area contributed by atoms with Gasteiger partial charge >= 0.3 is 0 Å². The second-order valence-electron chi connectivity index (χ2n) is 4.38. The molecule has 1 aromatic rings. The number of carbonyl (C=O) groups is 1. The van der Waals surface area contributed by atoms with Crippen LogP contribution in [0.25, 0.3) is 0 Å². The zero-order valence-corrected chi connectivity index (χ0v) is 9.30. The van der Waals surface area contributed by atoms with Crippen LogP contribution in [0.4, 0.5) is 0 Å². The molecular formula is C11H14N2OS. The molecule has 3 nitrogen and oxygen atoms in total. The number of hydrogen-bond donors (Lipinski definition) is 1. The van der Waals surface area contributed by atoms with Gasteiger partial charge in [-0.1, -0.05) is 0 Å². The summed E-state index contributed by atoms with van der Waals surface area (Å²) >= 11 is 1.80. The highest BCUT2D eigenvalue weighted by Gasteiger charge is 2.42. The minimum absolute atomic E-state index is 0.116. The number of carbonyl (C=O) groups excluding carboxylic acids is 1. The lowest BCUT2D eigenvalue weighted by atomic mass is 10.1. The van der Waals surface area contributed by atoms with Crippen molar-refractivity contribution in [3.8, 4) is 0 Å². The first-order valence-corrected chi connectivity index (χ1v) is 6.23. The van der Waals surface area contributed by atoms with Gasteiger partial charge in [-0.15, -0.1) is 11.3 Å². The smallest absolute Gasteiger partial charge is 0.227 e. The van der Waals surface area contributed by atoms with Crippen molar-refractivity contribution in [2.45, 2.75) is 25.4 Å². The monoisotopic (exact) mass is 222 g/mol. The fourth-order valence-electron chi connectivity index (χ4n) is 2.17. The molecular weight excluding hydrogens is 208 g/mol. The predicted octanol–water partition coefficient (Wildman–Crippen LogP) is 0.980. The normalized spacial score (nSPS) is 28.7. The molecule has 2 N–H and O–H groups in total. The molecule has 1 amide bonds. The predicted molar refractivity (Wildman–Crippen MR) is 59.5 cm³/mol. The van der Waals surface area contributed by atoms with Crippen molar-refractivity contribution in [1.82, 2.24) is 4.90 Å². The Balaban J connectivity index is 1.73. The summed E-state index contributed by atoms with van der Waals surface area (Å²) in [7, 11) is 0. The molecule has 1 aliphatic heterocycles. The Morgan fingerprint density at radius 2 is 2.40 bits per heavy atom. The van der Waals surface area contributed by atoms with Crippen LogP contribution in [0.5, 0.6) is 0 Å². The van der Waals surface area contributed by atoms with E-state index >= 15 is 0 Å². The highest BCUT2D eigenvalue weighted by atomic mass is 32.1. The molecule has 1 aliphatic carbocycles. The average Bonchev–Trinajstić information content (AvgIpc) is 2.80. The Morgan fingerprint density at radius 1 is 1.60 bits per heavy atom. The van der Waals surface area contributed by atoms with Crippen molar-refractivity contribution in [2.24, 2.45) is 11.7 Å². The van der Waals surface area contributed by atoms with E-state index < -0.39 is 0 Å². The van der Waals surface area contributed by atoms with Gasteiger partial charge in [-0.2, -0.15) is 0 Å².